The van der Waals surface area contributed by atoms with E-state index in [-0.39, 0.29) is 23.7 Å². The number of carbonyl (C=O) groups excluding carboxylic acids is 1. The molecule has 2 atom stereocenters. The van der Waals surface area contributed by atoms with Crippen LogP contribution in [0.2, 0.25) is 5.02 Å². The largest absolute Gasteiger partial charge is 0.347 e. The molecule has 0 spiro atoms. The van der Waals surface area contributed by atoms with Crippen molar-refractivity contribution in [1.82, 2.24) is 10.2 Å². The molecule has 2 aliphatic heterocycles. The molecule has 2 heterocycles. The summed E-state index contributed by atoms with van der Waals surface area (Å²) < 4.78 is 32.7. The maximum Gasteiger partial charge on any atom is 0.247 e. The van der Waals surface area contributed by atoms with E-state index in [1.807, 2.05) is 45.2 Å². The number of rotatable bonds is 12. The van der Waals surface area contributed by atoms with Crippen LogP contribution >= 0.6 is 23.4 Å². The van der Waals surface area contributed by atoms with Gasteiger partial charge in [0.2, 0.25) is 12.3 Å². The predicted molar refractivity (Wildman–Crippen MR) is 201 cm³/mol. The van der Waals surface area contributed by atoms with E-state index in [2.05, 4.69) is 66.2 Å². The molecule has 0 bridgehead atoms. The van der Waals surface area contributed by atoms with Gasteiger partial charge in [-0.15, -0.1) is 0 Å². The molecule has 10 heteroatoms. The molecule has 0 saturated carbocycles. The van der Waals surface area contributed by atoms with E-state index >= 15 is 0 Å². The van der Waals surface area contributed by atoms with Gasteiger partial charge in [-0.1, -0.05) is 99.3 Å². The Labute approximate surface area is 294 Å². The summed E-state index contributed by atoms with van der Waals surface area (Å²) in [5.41, 5.74) is 4.10. The molecule has 1 fully saturated rings. The van der Waals surface area contributed by atoms with Gasteiger partial charge in [-0.25, -0.2) is 13.2 Å². The quantitative estimate of drug-likeness (QED) is 0.134. The number of fused-ring (bicyclic) bond motifs is 1. The highest BCUT2D eigenvalue weighted by atomic mass is 35.5. The number of aliphatic imine (C=N–C) groups is 2. The number of amidine groups is 1. The number of halogens is 4. The van der Waals surface area contributed by atoms with Gasteiger partial charge in [0, 0.05) is 46.8 Å². The van der Waals surface area contributed by atoms with E-state index in [4.69, 9.17) is 16.6 Å². The van der Waals surface area contributed by atoms with Crippen molar-refractivity contribution in [2.45, 2.75) is 73.3 Å². The average Bonchev–Trinajstić information content (AvgIpc) is 3.47. The SMILES string of the molecule is C=C/C=C\C=C(\C(=O)NC1CC2=C(C(/C=C\CC)=NC)CN=C(C(=CC)S/C=C\C)N2C1)C(C)CC.CC(F)F.Fc1cccc(Cl)c1. The Balaban J connectivity index is 0.000000804. The lowest BCUT2D eigenvalue weighted by Crippen LogP contribution is -2.40. The third-order valence-electron chi connectivity index (χ3n) is 7.09. The molecule has 262 valence electrons. The highest BCUT2D eigenvalue weighted by molar-refractivity contribution is 8.06. The van der Waals surface area contributed by atoms with Crippen molar-refractivity contribution in [3.63, 3.8) is 0 Å². The van der Waals surface area contributed by atoms with Crippen LogP contribution in [0.1, 0.15) is 60.8 Å². The average molecular weight is 703 g/mol. The Kier molecular flexibility index (Phi) is 21.0. The lowest BCUT2D eigenvalue weighted by atomic mass is 9.96. The van der Waals surface area contributed by atoms with Crippen LogP contribution in [0.25, 0.3) is 0 Å². The predicted octanol–water partition coefficient (Wildman–Crippen LogP) is 10.5. The normalized spacial score (nSPS) is 17.7. The zero-order valence-corrected chi connectivity index (χ0v) is 30.7. The fourth-order valence-electron chi connectivity index (χ4n) is 4.69. The first-order valence-electron chi connectivity index (χ1n) is 16.1. The molecule has 1 amide bonds. The Morgan fingerprint density at radius 3 is 2.48 bits per heavy atom. The van der Waals surface area contributed by atoms with Crippen LogP contribution in [0.3, 0.4) is 0 Å². The number of benzene rings is 1. The van der Waals surface area contributed by atoms with E-state index in [9.17, 15) is 18.0 Å². The van der Waals surface area contributed by atoms with Crippen molar-refractivity contribution in [3.05, 3.63) is 117 Å². The Bertz CT molecular complexity index is 1420. The van der Waals surface area contributed by atoms with Crippen molar-refractivity contribution in [3.8, 4) is 0 Å². The first kappa shape index (κ1) is 42.5. The Morgan fingerprint density at radius 2 is 1.96 bits per heavy atom. The maximum atomic E-state index is 13.4. The number of alkyl halides is 2. The van der Waals surface area contributed by atoms with Gasteiger partial charge >= 0.3 is 0 Å². The highest BCUT2D eigenvalue weighted by Gasteiger charge is 2.37. The third kappa shape index (κ3) is 14.7. The van der Waals surface area contributed by atoms with Crippen LogP contribution in [0.5, 0.6) is 0 Å². The Morgan fingerprint density at radius 1 is 1.25 bits per heavy atom. The van der Waals surface area contributed by atoms with E-state index in [1.165, 1.54) is 17.8 Å². The number of allylic oxidation sites excluding steroid dienone is 8. The maximum absolute atomic E-state index is 13.4. The second-order valence-electron chi connectivity index (χ2n) is 10.7. The molecule has 0 radical (unpaired) electrons. The highest BCUT2D eigenvalue weighted by Crippen LogP contribution is 2.34. The van der Waals surface area contributed by atoms with Crippen molar-refractivity contribution < 1.29 is 18.0 Å². The zero-order valence-electron chi connectivity index (χ0n) is 29.2. The second-order valence-corrected chi connectivity index (χ2v) is 12.1. The summed E-state index contributed by atoms with van der Waals surface area (Å²) in [4.78, 5) is 26.3. The molecule has 2 aliphatic rings. The molecule has 0 aliphatic carbocycles. The van der Waals surface area contributed by atoms with E-state index in [0.717, 1.165) is 53.8 Å². The molecule has 0 aromatic heterocycles. The van der Waals surface area contributed by atoms with Gasteiger partial charge in [0.05, 0.1) is 18.3 Å². The van der Waals surface area contributed by atoms with E-state index in [0.29, 0.717) is 18.1 Å². The van der Waals surface area contributed by atoms with Crippen LogP contribution in [-0.2, 0) is 4.79 Å². The minimum Gasteiger partial charge on any atom is -0.347 e. The summed E-state index contributed by atoms with van der Waals surface area (Å²) in [5, 5.41) is 5.84. The van der Waals surface area contributed by atoms with Gasteiger partial charge < -0.3 is 10.2 Å². The lowest BCUT2D eigenvalue weighted by molar-refractivity contribution is -0.118. The van der Waals surface area contributed by atoms with Gasteiger partial charge in [0.15, 0.2) is 0 Å². The summed E-state index contributed by atoms with van der Waals surface area (Å²) in [6.07, 6.45) is 16.2. The van der Waals surface area contributed by atoms with Crippen molar-refractivity contribution >= 4 is 40.8 Å². The molecular weight excluding hydrogens is 653 g/mol. The molecule has 2 unspecified atom stereocenters. The van der Waals surface area contributed by atoms with E-state index in [1.54, 1.807) is 30.0 Å². The summed E-state index contributed by atoms with van der Waals surface area (Å²) in [6.45, 7) is 16.2. The number of nitrogens with zero attached hydrogens (tertiary/aromatic N) is 3. The van der Waals surface area contributed by atoms with Crippen LogP contribution < -0.4 is 5.32 Å². The number of thioether (sulfide) groups is 1. The minimum atomic E-state index is -2.17. The fourth-order valence-corrected chi connectivity index (χ4v) is 5.56. The molecule has 5 nitrogen and oxygen atoms in total. The smallest absolute Gasteiger partial charge is 0.247 e. The lowest BCUT2D eigenvalue weighted by Gasteiger charge is -2.29. The molecule has 1 aromatic rings. The van der Waals surface area contributed by atoms with Gasteiger partial charge in [-0.2, -0.15) is 0 Å². The summed E-state index contributed by atoms with van der Waals surface area (Å²) in [5.74, 6) is 0.837. The van der Waals surface area contributed by atoms with Crippen molar-refractivity contribution in [1.29, 1.82) is 0 Å². The van der Waals surface area contributed by atoms with Crippen LogP contribution in [-0.4, -0.2) is 55.0 Å². The minimum absolute atomic E-state index is 0.00615. The molecule has 48 heavy (non-hydrogen) atoms. The number of carbonyl (C=O) groups is 1. The van der Waals surface area contributed by atoms with Crippen molar-refractivity contribution in [2.24, 2.45) is 15.9 Å². The number of nitrogens with one attached hydrogen (secondary N) is 1. The van der Waals surface area contributed by atoms with Gasteiger partial charge in [-0.05, 0) is 69.2 Å². The van der Waals surface area contributed by atoms with Crippen LogP contribution in [0.4, 0.5) is 13.2 Å². The molecule has 1 aromatic carbocycles. The van der Waals surface area contributed by atoms with E-state index < -0.39 is 6.43 Å². The summed E-state index contributed by atoms with van der Waals surface area (Å²) in [6, 6.07) is 5.80. The van der Waals surface area contributed by atoms with Crippen molar-refractivity contribution in [2.75, 3.05) is 20.1 Å². The number of hydrogen-bond acceptors (Lipinski definition) is 5. The number of hydrogen-bond donors (Lipinski definition) is 1. The van der Waals surface area contributed by atoms with Gasteiger partial charge in [0.1, 0.15) is 11.7 Å². The monoisotopic (exact) mass is 702 g/mol. The first-order valence-corrected chi connectivity index (χ1v) is 17.3. The standard InChI is InChI=1S/C30H42N4OS.C6H4ClF.C2H4F2/c1-8-13-15-16-24(22(6)11-4)30(35)33-23-19-27-25(26(31-7)17-14-9-2)20-32-29(34(27)21-23)28(12-5)36-18-10-3;7-5-2-1-3-6(8)4-5;1-2(3)4/h8,10,12-18,22-23H,1,9,11,19-21H2,2-7H3,(H,33,35);1-4H;2H,1H3/b15-13-,17-14-,18-10-,24-16+,28-12?,31-26?;;. The summed E-state index contributed by atoms with van der Waals surface area (Å²) in [7, 11) is 1.83. The molecular formula is C38H50ClF3N4OS. The molecule has 1 N–H and O–H groups in total. The third-order valence-corrected chi connectivity index (χ3v) is 8.40. The van der Waals surface area contributed by atoms with Gasteiger partial charge in [0.25, 0.3) is 0 Å². The summed E-state index contributed by atoms with van der Waals surface area (Å²) >= 11 is 7.08. The van der Waals surface area contributed by atoms with Gasteiger partial charge in [-0.3, -0.25) is 14.8 Å². The van der Waals surface area contributed by atoms with Crippen LogP contribution in [0, 0.1) is 11.7 Å². The second kappa shape index (κ2) is 23.7. The molecule has 3 rings (SSSR count). The zero-order chi connectivity index (χ0) is 36.1. The first-order chi connectivity index (χ1) is 23.0. The number of amides is 1. The van der Waals surface area contributed by atoms with Crippen LogP contribution in [0.15, 0.2) is 117 Å². The Hall–Kier alpha value is -3.56. The fraction of sp³-hybridized carbons (Fsp3) is 0.395. The molecule has 1 saturated heterocycles. The topological polar surface area (TPSA) is 57.1 Å².